The van der Waals surface area contributed by atoms with Crippen LogP contribution in [-0.2, 0) is 32.7 Å². The van der Waals surface area contributed by atoms with E-state index in [4.69, 9.17) is 28.4 Å². The molecule has 7 atom stereocenters. The van der Waals surface area contributed by atoms with Gasteiger partial charge in [-0.2, -0.15) is 0 Å². The number of phenols is 2. The van der Waals surface area contributed by atoms with E-state index in [9.17, 15) is 24.9 Å². The summed E-state index contributed by atoms with van der Waals surface area (Å²) in [6.45, 7) is 5.44. The number of likely N-dealkylation sites (N-methyl/N-ethyl adjacent to an activating group) is 1. The maximum Gasteiger partial charge on any atom is 0.331 e. The SMILES string of the molecule is COc1cc2c(cc1O)CCN[C@@]21CS[C@@H]2c3c(OC(C)=O)c(C)c4c(c3[C@H](COC1=O)N1[C@@H]2C2c3c(cc(C)c(OC)c3O)C[C@]1(O)CN2C)OCO4. The molecule has 4 N–H and O–H groups in total. The minimum absolute atomic E-state index is 0.00777. The molecule has 14 nitrogen and oxygen atoms in total. The molecule has 2 unspecified atom stereocenters. The quantitative estimate of drug-likeness (QED) is 0.226. The molecular formula is C39H43N3O11S. The molecule has 0 radical (unpaired) electrons. The second-order valence-electron chi connectivity index (χ2n) is 15.1. The molecule has 3 aromatic carbocycles. The number of aryl methyl sites for hydroxylation is 1. The number of piperazine rings is 1. The second-order valence-corrected chi connectivity index (χ2v) is 16.2. The lowest BCUT2D eigenvalue weighted by atomic mass is 9.78. The number of aliphatic hydroxyl groups is 1. The third kappa shape index (κ3) is 4.74. The molecule has 15 heteroatoms. The molecule has 0 amide bonds. The molecule has 2 fully saturated rings. The predicted octanol–water partition coefficient (Wildman–Crippen LogP) is 3.41. The Morgan fingerprint density at radius 2 is 1.80 bits per heavy atom. The number of phenolic OH excluding ortho intramolecular Hbond substituents is 2. The molecule has 3 aromatic rings. The standard InChI is InChI=1S/C39H43N3O11S/c1-17-9-21-12-38(47)14-41(4)29(26(21)31(45)32(17)49-6)30-36-28-27(35-34(51-16-52-35)18(2)33(28)53-19(3)43)23(42(30)38)13-50-37(46)39(15-54-36)22-11-25(48-5)24(44)10-20(22)7-8-40-39/h9-11,23,29-30,36,40,44-45,47H,7-8,12-16H2,1-6H3/t23-,29?,30+,36+,38-,39-/m0/s1. The number of fused-ring (bicyclic) bond motifs is 6. The van der Waals surface area contributed by atoms with E-state index in [1.165, 1.54) is 32.9 Å². The van der Waals surface area contributed by atoms with Crippen LogP contribution in [0, 0.1) is 13.8 Å². The summed E-state index contributed by atoms with van der Waals surface area (Å²) in [5.74, 6) is 0.890. The number of nitrogens with zero attached hydrogens (tertiary/aromatic N) is 2. The number of ether oxygens (including phenoxy) is 6. The van der Waals surface area contributed by atoms with Gasteiger partial charge in [-0.1, -0.05) is 6.07 Å². The number of benzene rings is 3. The van der Waals surface area contributed by atoms with Crippen LogP contribution in [0.1, 0.15) is 68.8 Å². The van der Waals surface area contributed by atoms with Gasteiger partial charge in [0.05, 0.1) is 31.6 Å². The van der Waals surface area contributed by atoms with Crippen molar-refractivity contribution < 1.29 is 53.3 Å². The monoisotopic (exact) mass is 761 g/mol. The predicted molar refractivity (Wildman–Crippen MR) is 195 cm³/mol. The van der Waals surface area contributed by atoms with Gasteiger partial charge in [0, 0.05) is 60.5 Å². The number of esters is 2. The van der Waals surface area contributed by atoms with Crippen molar-refractivity contribution >= 4 is 23.7 Å². The first-order chi connectivity index (χ1) is 25.8. The maximum atomic E-state index is 14.7. The van der Waals surface area contributed by atoms with E-state index < -0.39 is 46.6 Å². The smallest absolute Gasteiger partial charge is 0.331 e. The zero-order valence-corrected chi connectivity index (χ0v) is 31.7. The number of carbonyl (C=O) groups excluding carboxylic acids is 2. The van der Waals surface area contributed by atoms with Gasteiger partial charge in [-0.25, -0.2) is 4.79 Å². The van der Waals surface area contributed by atoms with Gasteiger partial charge in [-0.05, 0) is 61.7 Å². The summed E-state index contributed by atoms with van der Waals surface area (Å²) in [5.41, 5.74) is 2.60. The Balaban J connectivity index is 1.33. The van der Waals surface area contributed by atoms with E-state index in [1.807, 2.05) is 31.9 Å². The molecule has 1 spiro atoms. The second kappa shape index (κ2) is 12.3. The van der Waals surface area contributed by atoms with Crippen molar-refractivity contribution in [3.63, 3.8) is 0 Å². The minimum atomic E-state index is -1.52. The van der Waals surface area contributed by atoms with Crippen LogP contribution in [0.5, 0.6) is 40.2 Å². The number of hydrogen-bond acceptors (Lipinski definition) is 15. The largest absolute Gasteiger partial charge is 0.504 e. The van der Waals surface area contributed by atoms with Crippen LogP contribution in [0.25, 0.3) is 0 Å². The first kappa shape index (κ1) is 35.3. The zero-order valence-electron chi connectivity index (χ0n) is 30.9. The number of carbonyl (C=O) groups is 2. The molecule has 286 valence electrons. The van der Waals surface area contributed by atoms with Crippen LogP contribution < -0.4 is 29.0 Å². The summed E-state index contributed by atoms with van der Waals surface area (Å²) >= 11 is 1.47. The van der Waals surface area contributed by atoms with Crippen LogP contribution in [0.3, 0.4) is 0 Å². The van der Waals surface area contributed by atoms with Crippen LogP contribution in [-0.4, -0.2) is 102 Å². The Morgan fingerprint density at radius 3 is 2.54 bits per heavy atom. The molecule has 8 aliphatic heterocycles. The third-order valence-electron chi connectivity index (χ3n) is 12.1. The highest BCUT2D eigenvalue weighted by atomic mass is 32.2. The van der Waals surface area contributed by atoms with Gasteiger partial charge >= 0.3 is 11.9 Å². The fourth-order valence-electron chi connectivity index (χ4n) is 10.1. The van der Waals surface area contributed by atoms with Gasteiger partial charge in [0.2, 0.25) is 6.79 Å². The Hall–Kier alpha value is -4.41. The summed E-state index contributed by atoms with van der Waals surface area (Å²) in [6.07, 6.45) is 0.730. The van der Waals surface area contributed by atoms with Crippen molar-refractivity contribution in [2.24, 2.45) is 0 Å². The fraction of sp³-hybridized carbons (Fsp3) is 0.487. The topological polar surface area (TPSA) is 169 Å². The molecule has 54 heavy (non-hydrogen) atoms. The number of rotatable bonds is 3. The van der Waals surface area contributed by atoms with Crippen LogP contribution >= 0.6 is 11.8 Å². The number of nitrogens with one attached hydrogen (secondary N) is 1. The summed E-state index contributed by atoms with van der Waals surface area (Å²) in [4.78, 5) is 31.7. The third-order valence-corrected chi connectivity index (χ3v) is 13.6. The number of thioether (sulfide) groups is 1. The van der Waals surface area contributed by atoms with E-state index in [-0.39, 0.29) is 49.4 Å². The molecule has 2 saturated heterocycles. The molecule has 8 aliphatic rings. The van der Waals surface area contributed by atoms with Crippen molar-refractivity contribution in [1.29, 1.82) is 0 Å². The van der Waals surface area contributed by atoms with E-state index in [2.05, 4.69) is 10.2 Å². The van der Waals surface area contributed by atoms with E-state index in [0.717, 1.165) is 16.7 Å². The highest BCUT2D eigenvalue weighted by molar-refractivity contribution is 7.99. The van der Waals surface area contributed by atoms with Crippen LogP contribution in [0.2, 0.25) is 0 Å². The van der Waals surface area contributed by atoms with Crippen molar-refractivity contribution in [3.8, 4) is 40.2 Å². The summed E-state index contributed by atoms with van der Waals surface area (Å²) < 4.78 is 36.0. The van der Waals surface area contributed by atoms with Crippen molar-refractivity contribution in [2.75, 3.05) is 53.5 Å². The highest BCUT2D eigenvalue weighted by Crippen LogP contribution is 2.65. The Labute approximate surface area is 316 Å². The highest BCUT2D eigenvalue weighted by Gasteiger charge is 2.63. The Bertz CT molecular complexity index is 2150. The lowest BCUT2D eigenvalue weighted by Crippen LogP contribution is -2.70. The van der Waals surface area contributed by atoms with Crippen LogP contribution in [0.15, 0.2) is 18.2 Å². The molecular weight excluding hydrogens is 719 g/mol. The van der Waals surface area contributed by atoms with Crippen molar-refractivity contribution in [1.82, 2.24) is 15.1 Å². The van der Waals surface area contributed by atoms with Gasteiger partial charge in [-0.3, -0.25) is 19.9 Å². The fourth-order valence-corrected chi connectivity index (χ4v) is 11.8. The van der Waals surface area contributed by atoms with E-state index in [0.29, 0.717) is 63.8 Å². The number of aromatic hydroxyl groups is 2. The first-order valence-corrected chi connectivity index (χ1v) is 19.1. The Kier molecular flexibility index (Phi) is 8.04. The maximum absolute atomic E-state index is 14.7. The van der Waals surface area contributed by atoms with Crippen molar-refractivity contribution in [2.45, 2.75) is 68.3 Å². The lowest BCUT2D eigenvalue weighted by molar-refractivity contribution is -0.215. The lowest BCUT2D eigenvalue weighted by Gasteiger charge is -2.60. The van der Waals surface area contributed by atoms with Crippen molar-refractivity contribution in [3.05, 3.63) is 62.7 Å². The summed E-state index contributed by atoms with van der Waals surface area (Å²) in [7, 11) is 4.92. The summed E-state index contributed by atoms with van der Waals surface area (Å²) in [6, 6.07) is 3.43. The number of methoxy groups -OCH3 is 2. The van der Waals surface area contributed by atoms with Gasteiger partial charge in [0.1, 0.15) is 18.1 Å². The zero-order chi connectivity index (χ0) is 38.0. The normalized spacial score (nSPS) is 30.4. The van der Waals surface area contributed by atoms with E-state index in [1.54, 1.807) is 12.1 Å². The average molecular weight is 762 g/mol. The molecule has 11 rings (SSSR count). The summed E-state index contributed by atoms with van der Waals surface area (Å²) in [5, 5.41) is 38.8. The van der Waals surface area contributed by atoms with Crippen LogP contribution in [0.4, 0.5) is 0 Å². The molecule has 4 bridgehead atoms. The minimum Gasteiger partial charge on any atom is -0.504 e. The van der Waals surface area contributed by atoms with Gasteiger partial charge in [0.15, 0.2) is 40.0 Å². The van der Waals surface area contributed by atoms with E-state index >= 15 is 0 Å². The van der Waals surface area contributed by atoms with Gasteiger partial charge in [-0.15, -0.1) is 11.8 Å². The molecule has 8 heterocycles. The number of hydrogen-bond donors (Lipinski definition) is 4. The van der Waals surface area contributed by atoms with Gasteiger partial charge < -0.3 is 43.7 Å². The molecule has 0 aliphatic carbocycles. The first-order valence-electron chi connectivity index (χ1n) is 18.0. The molecule has 0 aromatic heterocycles. The Morgan fingerprint density at radius 1 is 1.02 bits per heavy atom. The van der Waals surface area contributed by atoms with Gasteiger partial charge in [0.25, 0.3) is 0 Å². The molecule has 0 saturated carbocycles. The average Bonchev–Trinajstić information content (AvgIpc) is 3.54.